The molecule has 130 valence electrons. The van der Waals surface area contributed by atoms with Crippen molar-refractivity contribution in [2.24, 2.45) is 11.3 Å². The predicted molar refractivity (Wildman–Crippen MR) is 92.2 cm³/mol. The highest BCUT2D eigenvalue weighted by atomic mass is 16.5. The van der Waals surface area contributed by atoms with E-state index in [4.69, 9.17) is 4.74 Å². The predicted octanol–water partition coefficient (Wildman–Crippen LogP) is 2.69. The average Bonchev–Trinajstić information content (AvgIpc) is 2.76. The van der Waals surface area contributed by atoms with Crippen LogP contribution < -0.4 is 0 Å². The van der Waals surface area contributed by atoms with Gasteiger partial charge in [-0.2, -0.15) is 0 Å². The number of fused-ring (bicyclic) bond motifs is 1. The molecule has 3 atom stereocenters. The van der Waals surface area contributed by atoms with Gasteiger partial charge in [0.05, 0.1) is 18.1 Å². The summed E-state index contributed by atoms with van der Waals surface area (Å²) in [5.41, 5.74) is -0.198. The van der Waals surface area contributed by atoms with E-state index in [0.29, 0.717) is 17.9 Å². The number of likely N-dealkylation sites (tertiary alicyclic amines) is 1. The number of piperidine rings is 1. The molecule has 1 aliphatic carbocycles. The molecule has 3 rings (SSSR count). The molecule has 0 aromatic rings. The Morgan fingerprint density at radius 3 is 2.78 bits per heavy atom. The third-order valence-corrected chi connectivity index (χ3v) is 6.01. The lowest BCUT2D eigenvalue weighted by Crippen LogP contribution is -2.53. The Hall–Kier alpha value is -0.870. The molecule has 2 fully saturated rings. The van der Waals surface area contributed by atoms with Crippen LogP contribution in [-0.2, 0) is 9.53 Å². The Balaban J connectivity index is 1.63. The van der Waals surface area contributed by atoms with Crippen LogP contribution in [0.15, 0.2) is 12.2 Å². The summed E-state index contributed by atoms with van der Waals surface area (Å²) >= 11 is 0. The fourth-order valence-electron chi connectivity index (χ4n) is 4.27. The molecule has 4 heteroatoms. The van der Waals surface area contributed by atoms with Crippen LogP contribution in [0.1, 0.15) is 46.5 Å². The molecule has 0 bridgehead atoms. The van der Waals surface area contributed by atoms with Crippen molar-refractivity contribution in [2.45, 2.75) is 58.6 Å². The molecular formula is C19H32N2O2. The van der Waals surface area contributed by atoms with Crippen molar-refractivity contribution in [1.29, 1.82) is 0 Å². The molecule has 0 N–H and O–H groups in total. The summed E-state index contributed by atoms with van der Waals surface area (Å²) in [5, 5.41) is 0. The van der Waals surface area contributed by atoms with E-state index >= 15 is 0 Å². The summed E-state index contributed by atoms with van der Waals surface area (Å²) in [7, 11) is 0. The van der Waals surface area contributed by atoms with E-state index in [1.807, 2.05) is 0 Å². The number of amides is 1. The van der Waals surface area contributed by atoms with E-state index in [0.717, 1.165) is 58.5 Å². The Kier molecular flexibility index (Phi) is 5.12. The smallest absolute Gasteiger partial charge is 0.228 e. The van der Waals surface area contributed by atoms with Crippen LogP contribution in [0.5, 0.6) is 0 Å². The number of hydrogen-bond donors (Lipinski definition) is 0. The number of rotatable bonds is 2. The average molecular weight is 320 g/mol. The molecule has 1 amide bonds. The lowest BCUT2D eigenvalue weighted by molar-refractivity contribution is -0.147. The van der Waals surface area contributed by atoms with Crippen LogP contribution in [0.4, 0.5) is 0 Å². The fraction of sp³-hybridized carbons (Fsp3) is 0.842. The van der Waals surface area contributed by atoms with Crippen LogP contribution >= 0.6 is 0 Å². The normalized spacial score (nSPS) is 35.9. The SMILES string of the molecule is CC(C)N1CCOC2CN(C(=O)C3(C)CC=CCC3)CCC2C1. The summed E-state index contributed by atoms with van der Waals surface area (Å²) in [5.74, 6) is 0.914. The summed E-state index contributed by atoms with van der Waals surface area (Å²) in [6.45, 7) is 11.3. The molecule has 2 aliphatic heterocycles. The van der Waals surface area contributed by atoms with Crippen molar-refractivity contribution in [3.05, 3.63) is 12.2 Å². The Morgan fingerprint density at radius 2 is 2.09 bits per heavy atom. The first kappa shape index (κ1) is 17.0. The highest BCUT2D eigenvalue weighted by Gasteiger charge is 2.41. The molecule has 0 aromatic carbocycles. The molecule has 0 aromatic heterocycles. The van der Waals surface area contributed by atoms with Crippen molar-refractivity contribution in [1.82, 2.24) is 9.80 Å². The van der Waals surface area contributed by atoms with Gasteiger partial charge in [0.2, 0.25) is 5.91 Å². The molecule has 2 heterocycles. The molecule has 0 saturated carbocycles. The number of ether oxygens (including phenoxy) is 1. The van der Waals surface area contributed by atoms with Crippen LogP contribution in [0, 0.1) is 11.3 Å². The van der Waals surface area contributed by atoms with Crippen molar-refractivity contribution in [3.8, 4) is 0 Å². The first-order chi connectivity index (χ1) is 11.0. The Bertz CT molecular complexity index is 462. The van der Waals surface area contributed by atoms with E-state index in [9.17, 15) is 4.79 Å². The van der Waals surface area contributed by atoms with E-state index in [1.165, 1.54) is 0 Å². The van der Waals surface area contributed by atoms with Crippen LogP contribution in [0.3, 0.4) is 0 Å². The van der Waals surface area contributed by atoms with Crippen molar-refractivity contribution in [3.63, 3.8) is 0 Å². The van der Waals surface area contributed by atoms with Crippen molar-refractivity contribution in [2.75, 3.05) is 32.8 Å². The maximum atomic E-state index is 13.0. The highest BCUT2D eigenvalue weighted by Crippen LogP contribution is 2.36. The van der Waals surface area contributed by atoms with E-state index in [-0.39, 0.29) is 11.5 Å². The van der Waals surface area contributed by atoms with E-state index < -0.39 is 0 Å². The molecule has 0 spiro atoms. The van der Waals surface area contributed by atoms with Crippen LogP contribution in [0.2, 0.25) is 0 Å². The highest BCUT2D eigenvalue weighted by molar-refractivity contribution is 5.83. The van der Waals surface area contributed by atoms with Gasteiger partial charge in [0.25, 0.3) is 0 Å². The summed E-state index contributed by atoms with van der Waals surface area (Å²) in [4.78, 5) is 17.6. The van der Waals surface area contributed by atoms with Crippen LogP contribution in [0.25, 0.3) is 0 Å². The van der Waals surface area contributed by atoms with Gasteiger partial charge >= 0.3 is 0 Å². The minimum Gasteiger partial charge on any atom is -0.375 e. The molecule has 3 unspecified atom stereocenters. The topological polar surface area (TPSA) is 32.8 Å². The minimum absolute atomic E-state index is 0.198. The number of allylic oxidation sites excluding steroid dienone is 2. The van der Waals surface area contributed by atoms with Gasteiger partial charge in [0.1, 0.15) is 0 Å². The van der Waals surface area contributed by atoms with Crippen molar-refractivity contribution < 1.29 is 9.53 Å². The monoisotopic (exact) mass is 320 g/mol. The van der Waals surface area contributed by atoms with E-state index in [2.05, 4.69) is 42.7 Å². The lowest BCUT2D eigenvalue weighted by atomic mass is 9.77. The summed E-state index contributed by atoms with van der Waals surface area (Å²) in [6, 6.07) is 0.574. The number of nitrogens with zero attached hydrogens (tertiary/aromatic N) is 2. The number of carbonyl (C=O) groups excluding carboxylic acids is 1. The second-order valence-corrected chi connectivity index (χ2v) is 8.07. The number of hydrogen-bond acceptors (Lipinski definition) is 3. The quantitative estimate of drug-likeness (QED) is 0.733. The summed E-state index contributed by atoms with van der Waals surface area (Å²) in [6.07, 6.45) is 8.58. The molecule has 23 heavy (non-hydrogen) atoms. The molecule has 0 radical (unpaired) electrons. The lowest BCUT2D eigenvalue weighted by Gasteiger charge is -2.42. The van der Waals surface area contributed by atoms with Gasteiger partial charge in [0, 0.05) is 38.1 Å². The first-order valence-corrected chi connectivity index (χ1v) is 9.29. The van der Waals surface area contributed by atoms with Gasteiger partial charge in [-0.1, -0.05) is 19.1 Å². The maximum absolute atomic E-state index is 13.0. The minimum atomic E-state index is -0.198. The Morgan fingerprint density at radius 1 is 1.26 bits per heavy atom. The van der Waals surface area contributed by atoms with Gasteiger partial charge in [-0.15, -0.1) is 0 Å². The number of carbonyl (C=O) groups is 1. The zero-order valence-electron chi connectivity index (χ0n) is 15.0. The molecule has 2 saturated heterocycles. The first-order valence-electron chi connectivity index (χ1n) is 9.29. The van der Waals surface area contributed by atoms with Crippen LogP contribution in [-0.4, -0.2) is 60.6 Å². The second-order valence-electron chi connectivity index (χ2n) is 8.07. The molecule has 4 nitrogen and oxygen atoms in total. The zero-order chi connectivity index (χ0) is 16.4. The largest absolute Gasteiger partial charge is 0.375 e. The van der Waals surface area contributed by atoms with Gasteiger partial charge in [-0.25, -0.2) is 0 Å². The third kappa shape index (κ3) is 3.63. The third-order valence-electron chi connectivity index (χ3n) is 6.01. The van der Waals surface area contributed by atoms with Gasteiger partial charge < -0.3 is 9.64 Å². The summed E-state index contributed by atoms with van der Waals surface area (Å²) < 4.78 is 6.14. The molecule has 3 aliphatic rings. The standard InChI is InChI=1S/C19H32N2O2/c1-15(2)20-11-12-23-17-14-21(10-7-16(17)13-20)18(22)19(3)8-5-4-6-9-19/h4-5,15-17H,6-14H2,1-3H3. The van der Waals surface area contributed by atoms with Gasteiger partial charge in [-0.05, 0) is 39.5 Å². The Labute approximate surface area is 140 Å². The zero-order valence-corrected chi connectivity index (χ0v) is 15.0. The van der Waals surface area contributed by atoms with Gasteiger partial charge in [-0.3, -0.25) is 9.69 Å². The maximum Gasteiger partial charge on any atom is 0.228 e. The van der Waals surface area contributed by atoms with Crippen molar-refractivity contribution >= 4 is 5.91 Å². The van der Waals surface area contributed by atoms with Gasteiger partial charge in [0.15, 0.2) is 0 Å². The molecular weight excluding hydrogens is 288 g/mol. The second kappa shape index (κ2) is 6.94. The fourth-order valence-corrected chi connectivity index (χ4v) is 4.27. The van der Waals surface area contributed by atoms with E-state index in [1.54, 1.807) is 0 Å².